The zero-order chi connectivity index (χ0) is 21.8. The lowest BCUT2D eigenvalue weighted by molar-refractivity contribution is 1.26. The molecule has 0 saturated carbocycles. The summed E-state index contributed by atoms with van der Waals surface area (Å²) in [7, 11) is 0. The van der Waals surface area contributed by atoms with Gasteiger partial charge in [-0.2, -0.15) is 0 Å². The Morgan fingerprint density at radius 1 is 0.452 bits per heavy atom. The molecule has 0 fully saturated rings. The third kappa shape index (κ3) is 5.13. The van der Waals surface area contributed by atoms with E-state index < -0.39 is 0 Å². The largest absolute Gasteiger partial charge is 0.310 e. The molecule has 0 aliphatic carbocycles. The quantitative estimate of drug-likeness (QED) is 0.302. The molecular formula is C30H29N. The van der Waals surface area contributed by atoms with Crippen molar-refractivity contribution in [3.05, 3.63) is 124 Å². The van der Waals surface area contributed by atoms with Gasteiger partial charge in [-0.15, -0.1) is 0 Å². The minimum atomic E-state index is 1.15. The average Bonchev–Trinajstić information content (AvgIpc) is 2.74. The van der Waals surface area contributed by atoms with Crippen LogP contribution in [0, 0.1) is 27.7 Å². The molecule has 1 nitrogen and oxygen atoms in total. The number of aryl methyl sites for hydroxylation is 4. The summed E-state index contributed by atoms with van der Waals surface area (Å²) in [6, 6.07) is 32.8. The minimum absolute atomic E-state index is 1.15. The lowest BCUT2D eigenvalue weighted by Gasteiger charge is -2.26. The Morgan fingerprint density at radius 3 is 1.65 bits per heavy atom. The van der Waals surface area contributed by atoms with E-state index in [1.807, 2.05) is 0 Å². The first-order chi connectivity index (χ1) is 15.0. The van der Waals surface area contributed by atoms with Crippen molar-refractivity contribution in [2.45, 2.75) is 27.7 Å². The van der Waals surface area contributed by atoms with Crippen LogP contribution in [-0.2, 0) is 0 Å². The van der Waals surface area contributed by atoms with Crippen LogP contribution in [0.4, 0.5) is 17.1 Å². The normalized spacial score (nSPS) is 11.1. The first kappa shape index (κ1) is 20.7. The predicted molar refractivity (Wildman–Crippen MR) is 135 cm³/mol. The predicted octanol–water partition coefficient (Wildman–Crippen LogP) is 8.56. The van der Waals surface area contributed by atoms with Crippen LogP contribution in [0.15, 0.2) is 91.0 Å². The van der Waals surface area contributed by atoms with Crippen LogP contribution in [0.3, 0.4) is 0 Å². The van der Waals surface area contributed by atoms with Crippen molar-refractivity contribution in [1.29, 1.82) is 0 Å². The van der Waals surface area contributed by atoms with Crippen LogP contribution in [0.25, 0.3) is 12.2 Å². The minimum Gasteiger partial charge on any atom is -0.310 e. The molecule has 154 valence electrons. The van der Waals surface area contributed by atoms with Gasteiger partial charge in [-0.25, -0.2) is 0 Å². The highest BCUT2D eigenvalue weighted by molar-refractivity contribution is 5.78. The van der Waals surface area contributed by atoms with Crippen LogP contribution < -0.4 is 4.90 Å². The summed E-state index contributed by atoms with van der Waals surface area (Å²) in [6.07, 6.45) is 4.37. The molecule has 0 aliphatic heterocycles. The summed E-state index contributed by atoms with van der Waals surface area (Å²) in [4.78, 5) is 2.31. The monoisotopic (exact) mass is 403 g/mol. The lowest BCUT2D eigenvalue weighted by atomic mass is 10.1. The summed E-state index contributed by atoms with van der Waals surface area (Å²) >= 11 is 0. The number of hydrogen-bond acceptors (Lipinski definition) is 1. The van der Waals surface area contributed by atoms with Crippen molar-refractivity contribution in [3.63, 3.8) is 0 Å². The average molecular weight is 404 g/mol. The standard InChI is InChI=1S/C30H29N/c1-22-8-14-28(15-9-22)31(30-7-5-6-23(2)21-30)29-16-12-26(13-17-29)10-11-27-19-24(3)18-25(4)20-27/h5-21H,1-4H3/b11-10+. The topological polar surface area (TPSA) is 3.24 Å². The zero-order valence-electron chi connectivity index (χ0n) is 18.8. The van der Waals surface area contributed by atoms with Crippen molar-refractivity contribution >= 4 is 29.2 Å². The highest BCUT2D eigenvalue weighted by atomic mass is 15.1. The van der Waals surface area contributed by atoms with Gasteiger partial charge in [-0.3, -0.25) is 0 Å². The van der Waals surface area contributed by atoms with Crippen LogP contribution in [-0.4, -0.2) is 0 Å². The van der Waals surface area contributed by atoms with Crippen molar-refractivity contribution in [2.75, 3.05) is 4.90 Å². The summed E-state index contributed by atoms with van der Waals surface area (Å²) in [5.74, 6) is 0. The third-order valence-electron chi connectivity index (χ3n) is 5.42. The van der Waals surface area contributed by atoms with E-state index in [0.717, 1.165) is 11.4 Å². The van der Waals surface area contributed by atoms with E-state index in [9.17, 15) is 0 Å². The Kier molecular flexibility index (Phi) is 6.04. The molecular weight excluding hydrogens is 374 g/mol. The van der Waals surface area contributed by atoms with E-state index in [2.05, 4.69) is 136 Å². The van der Waals surface area contributed by atoms with E-state index >= 15 is 0 Å². The maximum absolute atomic E-state index is 2.31. The van der Waals surface area contributed by atoms with Gasteiger partial charge in [0.15, 0.2) is 0 Å². The summed E-state index contributed by atoms with van der Waals surface area (Å²) in [5.41, 5.74) is 11.0. The SMILES string of the molecule is Cc1ccc(N(c2ccc(/C=C/c3cc(C)cc(C)c3)cc2)c2cccc(C)c2)cc1. The van der Waals surface area contributed by atoms with Gasteiger partial charge in [-0.1, -0.05) is 83.4 Å². The Hall–Kier alpha value is -3.58. The Bertz CT molecular complexity index is 1180. The molecule has 0 N–H and O–H groups in total. The molecule has 0 amide bonds. The van der Waals surface area contributed by atoms with Crippen LogP contribution >= 0.6 is 0 Å². The summed E-state index contributed by atoms with van der Waals surface area (Å²) in [6.45, 7) is 8.55. The number of rotatable bonds is 5. The van der Waals surface area contributed by atoms with Crippen molar-refractivity contribution in [3.8, 4) is 0 Å². The molecule has 0 bridgehead atoms. The van der Waals surface area contributed by atoms with Gasteiger partial charge in [0.25, 0.3) is 0 Å². The van der Waals surface area contributed by atoms with Crippen molar-refractivity contribution in [2.24, 2.45) is 0 Å². The second-order valence-corrected chi connectivity index (χ2v) is 8.36. The van der Waals surface area contributed by atoms with E-state index in [0.29, 0.717) is 0 Å². The maximum Gasteiger partial charge on any atom is 0.0464 e. The second-order valence-electron chi connectivity index (χ2n) is 8.36. The molecule has 4 aromatic carbocycles. The maximum atomic E-state index is 2.31. The Labute approximate surface area is 186 Å². The van der Waals surface area contributed by atoms with E-state index in [1.165, 1.54) is 39.1 Å². The smallest absolute Gasteiger partial charge is 0.0464 e. The molecule has 0 heterocycles. The molecule has 0 aromatic heterocycles. The highest BCUT2D eigenvalue weighted by Gasteiger charge is 2.12. The fourth-order valence-corrected chi connectivity index (χ4v) is 3.94. The Morgan fingerprint density at radius 2 is 1.03 bits per heavy atom. The van der Waals surface area contributed by atoms with Gasteiger partial charge in [0.2, 0.25) is 0 Å². The van der Waals surface area contributed by atoms with E-state index in [-0.39, 0.29) is 0 Å². The number of benzene rings is 4. The molecule has 0 radical (unpaired) electrons. The van der Waals surface area contributed by atoms with Crippen LogP contribution in [0.5, 0.6) is 0 Å². The van der Waals surface area contributed by atoms with Gasteiger partial charge in [0.1, 0.15) is 0 Å². The van der Waals surface area contributed by atoms with Crippen LogP contribution in [0.2, 0.25) is 0 Å². The first-order valence-corrected chi connectivity index (χ1v) is 10.8. The molecule has 0 aliphatic rings. The van der Waals surface area contributed by atoms with E-state index in [1.54, 1.807) is 0 Å². The van der Waals surface area contributed by atoms with Crippen molar-refractivity contribution in [1.82, 2.24) is 0 Å². The van der Waals surface area contributed by atoms with Gasteiger partial charge in [-0.05, 0) is 80.8 Å². The van der Waals surface area contributed by atoms with Crippen LogP contribution in [0.1, 0.15) is 33.4 Å². The second kappa shape index (κ2) is 9.06. The fourth-order valence-electron chi connectivity index (χ4n) is 3.94. The third-order valence-corrected chi connectivity index (χ3v) is 5.42. The molecule has 4 rings (SSSR count). The van der Waals surface area contributed by atoms with Gasteiger partial charge in [0, 0.05) is 17.1 Å². The molecule has 31 heavy (non-hydrogen) atoms. The molecule has 0 atom stereocenters. The van der Waals surface area contributed by atoms with E-state index in [4.69, 9.17) is 0 Å². The van der Waals surface area contributed by atoms with Gasteiger partial charge in [0.05, 0.1) is 0 Å². The summed E-state index contributed by atoms with van der Waals surface area (Å²) in [5, 5.41) is 0. The zero-order valence-corrected chi connectivity index (χ0v) is 18.8. The summed E-state index contributed by atoms with van der Waals surface area (Å²) < 4.78 is 0. The number of anilines is 3. The Balaban J connectivity index is 1.66. The highest BCUT2D eigenvalue weighted by Crippen LogP contribution is 2.35. The van der Waals surface area contributed by atoms with Gasteiger partial charge >= 0.3 is 0 Å². The molecule has 1 heteroatoms. The van der Waals surface area contributed by atoms with Crippen molar-refractivity contribution < 1.29 is 0 Å². The number of nitrogens with zero attached hydrogens (tertiary/aromatic N) is 1. The lowest BCUT2D eigenvalue weighted by Crippen LogP contribution is -2.10. The molecule has 4 aromatic rings. The van der Waals surface area contributed by atoms with Gasteiger partial charge < -0.3 is 4.90 Å². The molecule has 0 spiro atoms. The molecule has 0 unspecified atom stereocenters. The number of hydrogen-bond donors (Lipinski definition) is 0. The first-order valence-electron chi connectivity index (χ1n) is 10.8. The molecule has 0 saturated heterocycles. The fraction of sp³-hybridized carbons (Fsp3) is 0.133.